The van der Waals surface area contributed by atoms with Crippen LogP contribution in [0, 0.1) is 0 Å². The van der Waals surface area contributed by atoms with Crippen molar-refractivity contribution in [2.24, 2.45) is 0 Å². The van der Waals surface area contributed by atoms with Gasteiger partial charge in [0.25, 0.3) is 0 Å². The summed E-state index contributed by atoms with van der Waals surface area (Å²) in [4.78, 5) is 0. The van der Waals surface area contributed by atoms with Crippen molar-refractivity contribution in [3.05, 3.63) is 5.32 Å². The van der Waals surface area contributed by atoms with Crippen LogP contribution in [0.3, 0.4) is 0 Å². The molecule has 91 valence electrons. The molecule has 0 aliphatic carbocycles. The van der Waals surface area contributed by atoms with Crippen molar-refractivity contribution >= 4 is 12.6 Å². The van der Waals surface area contributed by atoms with Gasteiger partial charge < -0.3 is 17.9 Å². The van der Waals surface area contributed by atoms with E-state index in [0.717, 1.165) is 0 Å². The number of hydrogen-bond acceptors (Lipinski definition) is 1. The van der Waals surface area contributed by atoms with Gasteiger partial charge in [0.05, 0.1) is 0 Å². The molecule has 0 rings (SSSR count). The summed E-state index contributed by atoms with van der Waals surface area (Å²) in [6.45, 7) is 18.7. The zero-order valence-corrected chi connectivity index (χ0v) is 15.6. The molecule has 1 radical (unpaired) electrons. The summed E-state index contributed by atoms with van der Waals surface area (Å²) in [5.41, 5.74) is 0.219. The van der Waals surface area contributed by atoms with Crippen LogP contribution in [0.5, 0.6) is 0 Å². The van der Waals surface area contributed by atoms with Crippen LogP contribution in [0.2, 0.25) is 0 Å². The molecule has 0 saturated carbocycles. The molecule has 15 heavy (non-hydrogen) atoms. The minimum atomic E-state index is 0. The van der Waals surface area contributed by atoms with Crippen LogP contribution < -0.4 is 0 Å². The van der Waals surface area contributed by atoms with Crippen LogP contribution in [-0.4, -0.2) is 15.8 Å². The summed E-state index contributed by atoms with van der Waals surface area (Å²) >= 11 is 4.83. The first kappa shape index (κ1) is 21.7. The standard InChI is InChI=1S/C8H18N.C4H10S.Y/c1-7(2,3)9-8(4,5)6;1-4(2,3)5;/h1-6H3;5H,1-3H3;/q-1;;/p-1. The Bertz CT molecular complexity index is 130. The van der Waals surface area contributed by atoms with Crippen LogP contribution in [0.25, 0.3) is 5.32 Å². The molecule has 3 heteroatoms. The largest absolute Gasteiger partial charge is 0.787 e. The fraction of sp³-hybridized carbons (Fsp3) is 1.00. The Labute approximate surface area is 128 Å². The van der Waals surface area contributed by atoms with Gasteiger partial charge in [0.2, 0.25) is 0 Å². The molecular formula is C12H27NSY-2. The third-order valence-electron chi connectivity index (χ3n) is 0.671. The molecule has 1 nitrogen and oxygen atoms in total. The second kappa shape index (κ2) is 7.68. The Hall–Kier alpha value is 1.41. The molecule has 0 fully saturated rings. The zero-order valence-electron chi connectivity index (χ0n) is 11.9. The second-order valence-electron chi connectivity index (χ2n) is 6.57. The third-order valence-corrected chi connectivity index (χ3v) is 0.671. The molecule has 0 N–H and O–H groups in total. The average Bonchev–Trinajstić information content (AvgIpc) is 1.42. The van der Waals surface area contributed by atoms with Crippen molar-refractivity contribution in [2.45, 2.75) is 78.1 Å². The summed E-state index contributed by atoms with van der Waals surface area (Å²) in [5.74, 6) is 0. The normalized spacial score (nSPS) is 12.4. The summed E-state index contributed by atoms with van der Waals surface area (Å²) in [6, 6.07) is 0. The summed E-state index contributed by atoms with van der Waals surface area (Å²) < 4.78 is 0.0833. The monoisotopic (exact) mass is 306 g/mol. The van der Waals surface area contributed by atoms with Crippen LogP contribution in [0.15, 0.2) is 0 Å². The predicted molar refractivity (Wildman–Crippen MR) is 70.0 cm³/mol. The van der Waals surface area contributed by atoms with Gasteiger partial charge in [0, 0.05) is 32.7 Å². The minimum Gasteiger partial charge on any atom is -0.787 e. The first-order valence-corrected chi connectivity index (χ1v) is 5.56. The Balaban J connectivity index is -0.000000208. The average molecular weight is 306 g/mol. The van der Waals surface area contributed by atoms with Gasteiger partial charge in [-0.05, 0) is 0 Å². The molecule has 0 aromatic heterocycles. The van der Waals surface area contributed by atoms with Gasteiger partial charge in [-0.15, -0.1) is 11.1 Å². The van der Waals surface area contributed by atoms with Crippen LogP contribution in [-0.2, 0) is 45.3 Å². The maximum Gasteiger partial charge on any atom is 0 e. The zero-order chi connectivity index (χ0) is 12.2. The van der Waals surface area contributed by atoms with Crippen molar-refractivity contribution in [3.8, 4) is 0 Å². The minimum absolute atomic E-state index is 0. The summed E-state index contributed by atoms with van der Waals surface area (Å²) in [5, 5.41) is 4.54. The smallest absolute Gasteiger partial charge is 0 e. The van der Waals surface area contributed by atoms with E-state index in [0.29, 0.717) is 0 Å². The van der Waals surface area contributed by atoms with Gasteiger partial charge >= 0.3 is 0 Å². The van der Waals surface area contributed by atoms with Gasteiger partial charge in [-0.1, -0.05) is 62.3 Å². The van der Waals surface area contributed by atoms with Crippen molar-refractivity contribution < 1.29 is 32.7 Å². The molecule has 0 aromatic carbocycles. The molecule has 0 saturated heterocycles. The van der Waals surface area contributed by atoms with E-state index in [-0.39, 0.29) is 48.5 Å². The van der Waals surface area contributed by atoms with Crippen molar-refractivity contribution in [3.63, 3.8) is 0 Å². The van der Waals surface area contributed by atoms with E-state index in [1.807, 2.05) is 20.8 Å². The van der Waals surface area contributed by atoms with Crippen molar-refractivity contribution in [1.29, 1.82) is 0 Å². The van der Waals surface area contributed by atoms with E-state index in [9.17, 15) is 0 Å². The molecule has 0 spiro atoms. The summed E-state index contributed by atoms with van der Waals surface area (Å²) in [6.07, 6.45) is 0. The quantitative estimate of drug-likeness (QED) is 0.609. The van der Waals surface area contributed by atoms with E-state index in [1.165, 1.54) is 0 Å². The molecule has 0 aromatic rings. The third kappa shape index (κ3) is 50.5. The predicted octanol–water partition coefficient (Wildman–Crippen LogP) is 4.29. The molecular weight excluding hydrogens is 279 g/mol. The van der Waals surface area contributed by atoms with Crippen LogP contribution >= 0.6 is 0 Å². The number of hydrogen-bond donors (Lipinski definition) is 0. The molecule has 0 amide bonds. The van der Waals surface area contributed by atoms with Gasteiger partial charge in [0.15, 0.2) is 0 Å². The maximum atomic E-state index is 4.83. The van der Waals surface area contributed by atoms with Crippen molar-refractivity contribution in [2.75, 3.05) is 0 Å². The molecule has 0 unspecified atom stereocenters. The molecule has 0 bridgehead atoms. The molecule has 0 aliphatic rings. The second-order valence-corrected chi connectivity index (χ2v) is 7.79. The van der Waals surface area contributed by atoms with Gasteiger partial charge in [-0.25, -0.2) is 0 Å². The van der Waals surface area contributed by atoms with Crippen molar-refractivity contribution in [1.82, 2.24) is 0 Å². The van der Waals surface area contributed by atoms with Crippen LogP contribution in [0.1, 0.15) is 62.3 Å². The van der Waals surface area contributed by atoms with E-state index in [1.54, 1.807) is 0 Å². The fourth-order valence-corrected chi connectivity index (χ4v) is 1.01. The van der Waals surface area contributed by atoms with Gasteiger partial charge in [-0.3, -0.25) is 0 Å². The van der Waals surface area contributed by atoms with E-state index in [2.05, 4.69) is 46.9 Å². The van der Waals surface area contributed by atoms with Gasteiger partial charge in [0.1, 0.15) is 0 Å². The number of rotatable bonds is 0. The maximum absolute atomic E-state index is 4.83. The summed E-state index contributed by atoms with van der Waals surface area (Å²) in [7, 11) is 0. The first-order valence-electron chi connectivity index (χ1n) is 5.15. The Morgan fingerprint density at radius 1 is 0.667 bits per heavy atom. The number of nitrogens with zero attached hydrogens (tertiary/aromatic N) is 1. The van der Waals surface area contributed by atoms with E-state index < -0.39 is 0 Å². The SMILES string of the molecule is CC(C)(C)[N-]C(C)(C)C.CC(C)(C)[S-].[Y]. The molecule has 0 aliphatic heterocycles. The van der Waals surface area contributed by atoms with Crippen LogP contribution in [0.4, 0.5) is 0 Å². The Morgan fingerprint density at radius 2 is 0.800 bits per heavy atom. The first-order chi connectivity index (χ1) is 5.71. The Morgan fingerprint density at radius 3 is 0.800 bits per heavy atom. The molecule has 0 atom stereocenters. The Kier molecular flexibility index (Phi) is 11.1. The topological polar surface area (TPSA) is 14.1 Å². The van der Waals surface area contributed by atoms with Gasteiger partial charge in [-0.2, -0.15) is 4.75 Å². The molecule has 0 heterocycles. The fourth-order valence-electron chi connectivity index (χ4n) is 1.01. The van der Waals surface area contributed by atoms with E-state index in [4.69, 9.17) is 12.6 Å². The van der Waals surface area contributed by atoms with E-state index >= 15 is 0 Å².